The molecule has 0 aliphatic rings. The molecule has 1 aromatic heterocycles. The van der Waals surface area contributed by atoms with Crippen LogP contribution in [-0.2, 0) is 9.53 Å². The lowest BCUT2D eigenvalue weighted by Crippen LogP contribution is -2.42. The minimum atomic E-state index is -1.10. The number of rotatable bonds is 6. The molecule has 0 radical (unpaired) electrons. The van der Waals surface area contributed by atoms with Crippen LogP contribution in [0.4, 0.5) is 0 Å². The van der Waals surface area contributed by atoms with E-state index in [0.717, 1.165) is 5.39 Å². The first-order valence-electron chi connectivity index (χ1n) is 7.80. The summed E-state index contributed by atoms with van der Waals surface area (Å²) >= 11 is 0. The van der Waals surface area contributed by atoms with Gasteiger partial charge in [0.25, 0.3) is 5.91 Å². The summed E-state index contributed by atoms with van der Waals surface area (Å²) in [6, 6.07) is 9.78. The molecule has 1 heterocycles. The number of nitrogens with zero attached hydrogens (tertiary/aromatic N) is 1. The molecule has 6 heteroatoms. The average molecular weight is 330 g/mol. The van der Waals surface area contributed by atoms with Crippen molar-refractivity contribution in [3.05, 3.63) is 42.1 Å². The van der Waals surface area contributed by atoms with Gasteiger partial charge in [0, 0.05) is 18.4 Å². The third-order valence-corrected chi connectivity index (χ3v) is 3.38. The van der Waals surface area contributed by atoms with Crippen LogP contribution < -0.4 is 5.32 Å². The maximum atomic E-state index is 12.3. The molecule has 0 saturated heterocycles. The molecule has 1 atom stereocenters. The minimum Gasteiger partial charge on any atom is -0.480 e. The van der Waals surface area contributed by atoms with E-state index >= 15 is 0 Å². The van der Waals surface area contributed by atoms with Crippen molar-refractivity contribution in [3.8, 4) is 0 Å². The molecular formula is C18H22N2O4. The van der Waals surface area contributed by atoms with E-state index in [1.54, 1.807) is 18.2 Å². The van der Waals surface area contributed by atoms with Gasteiger partial charge in [0.2, 0.25) is 0 Å². The van der Waals surface area contributed by atoms with Crippen LogP contribution in [0.3, 0.4) is 0 Å². The van der Waals surface area contributed by atoms with Gasteiger partial charge in [-0.15, -0.1) is 0 Å². The van der Waals surface area contributed by atoms with Gasteiger partial charge < -0.3 is 15.2 Å². The number of carboxylic acid groups (broad SMARTS) is 1. The second-order valence-corrected chi connectivity index (χ2v) is 6.50. The lowest BCUT2D eigenvalue weighted by Gasteiger charge is -2.21. The molecule has 6 nitrogen and oxygen atoms in total. The predicted molar refractivity (Wildman–Crippen MR) is 91.0 cm³/mol. The van der Waals surface area contributed by atoms with E-state index in [-0.39, 0.29) is 24.3 Å². The van der Waals surface area contributed by atoms with Gasteiger partial charge >= 0.3 is 5.97 Å². The third kappa shape index (κ3) is 5.03. The van der Waals surface area contributed by atoms with Crippen molar-refractivity contribution >= 4 is 22.8 Å². The highest BCUT2D eigenvalue weighted by molar-refractivity contribution is 5.96. The molecule has 0 spiro atoms. The summed E-state index contributed by atoms with van der Waals surface area (Å²) in [5, 5.41) is 12.7. The summed E-state index contributed by atoms with van der Waals surface area (Å²) in [6.45, 7) is 5.91. The molecule has 2 N–H and O–H groups in total. The minimum absolute atomic E-state index is 0.186. The molecule has 0 fully saturated rings. The number of para-hydroxylation sites is 1. The Labute approximate surface area is 140 Å². The molecule has 1 aromatic carbocycles. The molecule has 1 amide bonds. The first kappa shape index (κ1) is 17.9. The molecule has 0 aliphatic heterocycles. The van der Waals surface area contributed by atoms with Crippen LogP contribution in [0.2, 0.25) is 0 Å². The first-order chi connectivity index (χ1) is 11.3. The number of ether oxygens (including phenoxy) is 1. The quantitative estimate of drug-likeness (QED) is 0.850. The van der Waals surface area contributed by atoms with E-state index in [9.17, 15) is 14.7 Å². The first-order valence-corrected chi connectivity index (χ1v) is 7.80. The van der Waals surface area contributed by atoms with Gasteiger partial charge in [0.1, 0.15) is 11.7 Å². The third-order valence-electron chi connectivity index (χ3n) is 3.38. The van der Waals surface area contributed by atoms with E-state index in [2.05, 4.69) is 10.3 Å². The highest BCUT2D eigenvalue weighted by atomic mass is 16.5. The SMILES string of the molecule is CC(C)(C)OCCC(NC(=O)c1ccc2ccccc2n1)C(=O)O. The number of aliphatic carboxylic acids is 1. The Bertz CT molecular complexity index is 737. The fourth-order valence-corrected chi connectivity index (χ4v) is 2.17. The van der Waals surface area contributed by atoms with Gasteiger partial charge in [-0.2, -0.15) is 0 Å². The maximum absolute atomic E-state index is 12.3. The topological polar surface area (TPSA) is 88.5 Å². The highest BCUT2D eigenvalue weighted by Crippen LogP contribution is 2.12. The lowest BCUT2D eigenvalue weighted by molar-refractivity contribution is -0.140. The second kappa shape index (κ2) is 7.40. The van der Waals surface area contributed by atoms with Crippen LogP contribution >= 0.6 is 0 Å². The Morgan fingerprint density at radius 1 is 1.21 bits per heavy atom. The van der Waals surface area contributed by atoms with Gasteiger partial charge in [0.05, 0.1) is 11.1 Å². The van der Waals surface area contributed by atoms with Crippen LogP contribution in [0.5, 0.6) is 0 Å². The normalized spacial score (nSPS) is 12.8. The van der Waals surface area contributed by atoms with Gasteiger partial charge in [0.15, 0.2) is 0 Å². The van der Waals surface area contributed by atoms with Crippen molar-refractivity contribution in [3.63, 3.8) is 0 Å². The summed E-state index contributed by atoms with van der Waals surface area (Å²) in [7, 11) is 0. The summed E-state index contributed by atoms with van der Waals surface area (Å²) in [6.07, 6.45) is 0.186. The molecule has 2 aromatic rings. The number of benzene rings is 1. The zero-order chi connectivity index (χ0) is 17.7. The van der Waals surface area contributed by atoms with E-state index in [1.807, 2.05) is 39.0 Å². The van der Waals surface area contributed by atoms with Crippen molar-refractivity contribution in [2.24, 2.45) is 0 Å². The van der Waals surface area contributed by atoms with Crippen molar-refractivity contribution in [2.45, 2.75) is 38.8 Å². The Hall–Kier alpha value is -2.47. The van der Waals surface area contributed by atoms with Crippen molar-refractivity contribution in [1.82, 2.24) is 10.3 Å². The molecule has 0 bridgehead atoms. The van der Waals surface area contributed by atoms with Crippen LogP contribution in [0.25, 0.3) is 10.9 Å². The number of pyridine rings is 1. The number of fused-ring (bicyclic) bond motifs is 1. The number of carbonyl (C=O) groups is 2. The Balaban J connectivity index is 2.04. The van der Waals surface area contributed by atoms with E-state index < -0.39 is 17.9 Å². The highest BCUT2D eigenvalue weighted by Gasteiger charge is 2.22. The Kier molecular flexibility index (Phi) is 5.51. The van der Waals surface area contributed by atoms with E-state index in [1.165, 1.54) is 0 Å². The zero-order valence-corrected chi connectivity index (χ0v) is 14.1. The number of hydrogen-bond donors (Lipinski definition) is 2. The molecule has 128 valence electrons. The molecular weight excluding hydrogens is 308 g/mol. The van der Waals surface area contributed by atoms with Crippen LogP contribution in [0.15, 0.2) is 36.4 Å². The summed E-state index contributed by atoms with van der Waals surface area (Å²) in [5.74, 6) is -1.61. The van der Waals surface area contributed by atoms with Crippen molar-refractivity contribution in [2.75, 3.05) is 6.61 Å². The zero-order valence-electron chi connectivity index (χ0n) is 14.1. The van der Waals surface area contributed by atoms with Gasteiger partial charge in [-0.1, -0.05) is 24.3 Å². The average Bonchev–Trinajstić information content (AvgIpc) is 2.52. The Morgan fingerprint density at radius 2 is 1.92 bits per heavy atom. The van der Waals surface area contributed by atoms with Gasteiger partial charge in [-0.3, -0.25) is 4.79 Å². The van der Waals surface area contributed by atoms with E-state index in [0.29, 0.717) is 5.52 Å². The fourth-order valence-electron chi connectivity index (χ4n) is 2.17. The lowest BCUT2D eigenvalue weighted by atomic mass is 10.1. The Morgan fingerprint density at radius 3 is 2.58 bits per heavy atom. The van der Waals surface area contributed by atoms with Gasteiger partial charge in [-0.25, -0.2) is 9.78 Å². The molecule has 0 aliphatic carbocycles. The smallest absolute Gasteiger partial charge is 0.326 e. The number of nitrogens with one attached hydrogen (secondary N) is 1. The fraction of sp³-hybridized carbons (Fsp3) is 0.389. The molecule has 2 rings (SSSR count). The standard InChI is InChI=1S/C18H22N2O4/c1-18(2,3)24-11-10-15(17(22)23)20-16(21)14-9-8-12-6-4-5-7-13(12)19-14/h4-9,15H,10-11H2,1-3H3,(H,20,21)(H,22,23). The van der Waals surface area contributed by atoms with Crippen molar-refractivity contribution < 1.29 is 19.4 Å². The second-order valence-electron chi connectivity index (χ2n) is 6.50. The van der Waals surface area contributed by atoms with E-state index in [4.69, 9.17) is 4.74 Å². The number of aromatic nitrogens is 1. The number of carboxylic acids is 1. The van der Waals surface area contributed by atoms with Crippen molar-refractivity contribution in [1.29, 1.82) is 0 Å². The largest absolute Gasteiger partial charge is 0.480 e. The molecule has 0 saturated carbocycles. The molecule has 1 unspecified atom stereocenters. The molecule has 24 heavy (non-hydrogen) atoms. The van der Waals surface area contributed by atoms with Crippen LogP contribution in [0, 0.1) is 0 Å². The maximum Gasteiger partial charge on any atom is 0.326 e. The number of carbonyl (C=O) groups excluding carboxylic acids is 1. The summed E-state index contributed by atoms with van der Waals surface area (Å²) in [4.78, 5) is 27.9. The van der Waals surface area contributed by atoms with Crippen LogP contribution in [-0.4, -0.2) is 40.2 Å². The van der Waals surface area contributed by atoms with Crippen LogP contribution in [0.1, 0.15) is 37.7 Å². The predicted octanol–water partition coefficient (Wildman–Crippen LogP) is 2.62. The number of hydrogen-bond acceptors (Lipinski definition) is 4. The number of amides is 1. The van der Waals surface area contributed by atoms with Gasteiger partial charge in [-0.05, 0) is 32.9 Å². The monoisotopic (exact) mass is 330 g/mol. The summed E-state index contributed by atoms with van der Waals surface area (Å²) in [5.41, 5.74) is 0.525. The summed E-state index contributed by atoms with van der Waals surface area (Å²) < 4.78 is 5.52.